The van der Waals surface area contributed by atoms with Gasteiger partial charge in [0.1, 0.15) is 0 Å². The average molecular weight is 305 g/mol. The first-order valence-electron chi connectivity index (χ1n) is 7.00. The van der Waals surface area contributed by atoms with Gasteiger partial charge in [0.25, 0.3) is 0 Å². The quantitative estimate of drug-likeness (QED) is 0.916. The van der Waals surface area contributed by atoms with Gasteiger partial charge < -0.3 is 10.4 Å². The van der Waals surface area contributed by atoms with Crippen molar-refractivity contribution < 1.29 is 14.3 Å². The molecular formula is C16H20FN3O2. The van der Waals surface area contributed by atoms with Gasteiger partial charge in [0.05, 0.1) is 23.8 Å². The Bertz CT molecular complexity index is 679. The van der Waals surface area contributed by atoms with Gasteiger partial charge in [0.2, 0.25) is 5.91 Å². The second-order valence-corrected chi connectivity index (χ2v) is 6.31. The molecule has 6 heteroatoms. The van der Waals surface area contributed by atoms with Gasteiger partial charge in [0, 0.05) is 6.20 Å². The molecule has 5 nitrogen and oxygen atoms in total. The van der Waals surface area contributed by atoms with Gasteiger partial charge in [-0.3, -0.25) is 9.48 Å². The van der Waals surface area contributed by atoms with Gasteiger partial charge >= 0.3 is 0 Å². The number of phenols is 1. The van der Waals surface area contributed by atoms with Gasteiger partial charge in [-0.05, 0) is 44.9 Å². The predicted molar refractivity (Wildman–Crippen MR) is 82.4 cm³/mol. The lowest BCUT2D eigenvalue weighted by Crippen LogP contribution is -2.22. The van der Waals surface area contributed by atoms with E-state index in [-0.39, 0.29) is 23.6 Å². The van der Waals surface area contributed by atoms with E-state index in [0.717, 1.165) is 0 Å². The zero-order valence-corrected chi connectivity index (χ0v) is 13.1. The van der Waals surface area contributed by atoms with Crippen molar-refractivity contribution in [3.8, 4) is 5.75 Å². The molecule has 1 aromatic carbocycles. The van der Waals surface area contributed by atoms with Gasteiger partial charge in [-0.2, -0.15) is 5.10 Å². The Labute approximate surface area is 128 Å². The monoisotopic (exact) mass is 305 g/mol. The Balaban J connectivity index is 2.06. The standard InChI is InChI=1S/C16H20FN3O2/c1-10-5-11(6-13(17)15(10)22)7-14(21)19-12-8-18-20(9-12)16(2,3)4/h5-6,8-9,22H,7H2,1-4H3,(H,19,21). The summed E-state index contributed by atoms with van der Waals surface area (Å²) in [7, 11) is 0. The van der Waals surface area contributed by atoms with E-state index in [4.69, 9.17) is 0 Å². The van der Waals surface area contributed by atoms with Crippen LogP contribution >= 0.6 is 0 Å². The molecule has 0 spiro atoms. The normalized spacial score (nSPS) is 11.5. The average Bonchev–Trinajstić information content (AvgIpc) is 2.84. The molecule has 2 rings (SSSR count). The number of phenolic OH excluding ortho intramolecular Hbond substituents is 1. The molecule has 0 unspecified atom stereocenters. The van der Waals surface area contributed by atoms with E-state index in [1.807, 2.05) is 20.8 Å². The molecule has 0 aliphatic heterocycles. The van der Waals surface area contributed by atoms with Crippen LogP contribution in [-0.4, -0.2) is 20.8 Å². The number of amides is 1. The summed E-state index contributed by atoms with van der Waals surface area (Å²) in [5.74, 6) is -1.36. The fraction of sp³-hybridized carbons (Fsp3) is 0.375. The van der Waals surface area contributed by atoms with E-state index < -0.39 is 5.82 Å². The summed E-state index contributed by atoms with van der Waals surface area (Å²) in [4.78, 5) is 12.0. The van der Waals surface area contributed by atoms with E-state index in [2.05, 4.69) is 10.4 Å². The number of benzene rings is 1. The zero-order chi connectivity index (χ0) is 16.5. The molecule has 0 bridgehead atoms. The van der Waals surface area contributed by atoms with E-state index in [1.54, 1.807) is 30.1 Å². The van der Waals surface area contributed by atoms with Crippen molar-refractivity contribution in [3.05, 3.63) is 41.5 Å². The van der Waals surface area contributed by atoms with Crippen LogP contribution in [0.3, 0.4) is 0 Å². The number of nitrogens with zero attached hydrogens (tertiary/aromatic N) is 2. The summed E-state index contributed by atoms with van der Waals surface area (Å²) in [5.41, 5.74) is 1.34. The van der Waals surface area contributed by atoms with Crippen LogP contribution < -0.4 is 5.32 Å². The van der Waals surface area contributed by atoms with E-state index in [1.165, 1.54) is 6.07 Å². The molecule has 0 fully saturated rings. The van der Waals surface area contributed by atoms with Crippen molar-refractivity contribution >= 4 is 11.6 Å². The van der Waals surface area contributed by atoms with Crippen molar-refractivity contribution in [1.29, 1.82) is 0 Å². The number of carbonyl (C=O) groups excluding carboxylic acids is 1. The second-order valence-electron chi connectivity index (χ2n) is 6.31. The Hall–Kier alpha value is -2.37. The predicted octanol–water partition coefficient (Wildman–Crippen LogP) is 2.97. The lowest BCUT2D eigenvalue weighted by atomic mass is 10.1. The number of hydrogen-bond donors (Lipinski definition) is 2. The highest BCUT2D eigenvalue weighted by Gasteiger charge is 2.15. The number of carbonyl (C=O) groups is 1. The molecule has 0 aliphatic carbocycles. The number of hydrogen-bond acceptors (Lipinski definition) is 3. The maximum atomic E-state index is 13.5. The van der Waals surface area contributed by atoms with Crippen LogP contribution in [0.1, 0.15) is 31.9 Å². The smallest absolute Gasteiger partial charge is 0.228 e. The van der Waals surface area contributed by atoms with Crippen LogP contribution in [0.5, 0.6) is 5.75 Å². The lowest BCUT2D eigenvalue weighted by molar-refractivity contribution is -0.115. The number of aromatic hydroxyl groups is 1. The molecule has 0 saturated heterocycles. The number of nitrogens with one attached hydrogen (secondary N) is 1. The minimum Gasteiger partial charge on any atom is -0.505 e. The largest absolute Gasteiger partial charge is 0.505 e. The zero-order valence-electron chi connectivity index (χ0n) is 13.1. The summed E-state index contributed by atoms with van der Waals surface area (Å²) < 4.78 is 15.2. The first-order valence-corrected chi connectivity index (χ1v) is 7.00. The fourth-order valence-electron chi connectivity index (χ4n) is 2.05. The van der Waals surface area contributed by atoms with E-state index >= 15 is 0 Å². The molecule has 2 aromatic rings. The molecule has 1 amide bonds. The SMILES string of the molecule is Cc1cc(CC(=O)Nc2cnn(C(C)(C)C)c2)cc(F)c1O. The fourth-order valence-corrected chi connectivity index (χ4v) is 2.05. The highest BCUT2D eigenvalue weighted by atomic mass is 19.1. The van der Waals surface area contributed by atoms with Gasteiger partial charge in [-0.1, -0.05) is 6.07 Å². The third kappa shape index (κ3) is 3.63. The Morgan fingerprint density at radius 3 is 2.64 bits per heavy atom. The first kappa shape index (κ1) is 16.0. The summed E-state index contributed by atoms with van der Waals surface area (Å²) in [6, 6.07) is 2.76. The van der Waals surface area contributed by atoms with Crippen LogP contribution in [0, 0.1) is 12.7 Å². The molecule has 1 heterocycles. The molecule has 0 aliphatic rings. The van der Waals surface area contributed by atoms with Crippen molar-refractivity contribution in [3.63, 3.8) is 0 Å². The van der Waals surface area contributed by atoms with Gasteiger partial charge in [-0.25, -0.2) is 4.39 Å². The first-order chi connectivity index (χ1) is 10.2. The summed E-state index contributed by atoms with van der Waals surface area (Å²) >= 11 is 0. The summed E-state index contributed by atoms with van der Waals surface area (Å²) in [5, 5.41) is 16.3. The Kier molecular flexibility index (Phi) is 4.21. The molecule has 118 valence electrons. The summed E-state index contributed by atoms with van der Waals surface area (Å²) in [6.45, 7) is 7.61. The highest BCUT2D eigenvalue weighted by Crippen LogP contribution is 2.22. The lowest BCUT2D eigenvalue weighted by Gasteiger charge is -2.18. The molecule has 22 heavy (non-hydrogen) atoms. The van der Waals surface area contributed by atoms with E-state index in [0.29, 0.717) is 16.8 Å². The second kappa shape index (κ2) is 5.79. The molecule has 1 aromatic heterocycles. The topological polar surface area (TPSA) is 67.2 Å². The molecular weight excluding hydrogens is 285 g/mol. The Morgan fingerprint density at radius 2 is 2.09 bits per heavy atom. The van der Waals surface area contributed by atoms with Crippen molar-refractivity contribution in [2.45, 2.75) is 39.7 Å². The van der Waals surface area contributed by atoms with Crippen LogP contribution in [0.15, 0.2) is 24.5 Å². The van der Waals surface area contributed by atoms with Crippen molar-refractivity contribution in [1.82, 2.24) is 9.78 Å². The molecule has 0 saturated carbocycles. The number of anilines is 1. The summed E-state index contributed by atoms with van der Waals surface area (Å²) in [6.07, 6.45) is 3.35. The molecule has 0 radical (unpaired) electrons. The van der Waals surface area contributed by atoms with Crippen molar-refractivity contribution in [2.75, 3.05) is 5.32 Å². The van der Waals surface area contributed by atoms with Gasteiger partial charge in [-0.15, -0.1) is 0 Å². The van der Waals surface area contributed by atoms with E-state index in [9.17, 15) is 14.3 Å². The third-order valence-electron chi connectivity index (χ3n) is 3.23. The maximum absolute atomic E-state index is 13.5. The van der Waals surface area contributed by atoms with Crippen LogP contribution in [0.4, 0.5) is 10.1 Å². The van der Waals surface area contributed by atoms with Crippen LogP contribution in [0.2, 0.25) is 0 Å². The van der Waals surface area contributed by atoms with Crippen LogP contribution in [0.25, 0.3) is 0 Å². The number of halogens is 1. The van der Waals surface area contributed by atoms with Crippen LogP contribution in [-0.2, 0) is 16.8 Å². The molecule has 2 N–H and O–H groups in total. The molecule has 0 atom stereocenters. The van der Waals surface area contributed by atoms with Gasteiger partial charge in [0.15, 0.2) is 11.6 Å². The highest BCUT2D eigenvalue weighted by molar-refractivity contribution is 5.92. The number of aryl methyl sites for hydroxylation is 1. The minimum atomic E-state index is -0.719. The van der Waals surface area contributed by atoms with Crippen molar-refractivity contribution in [2.24, 2.45) is 0 Å². The Morgan fingerprint density at radius 1 is 1.41 bits per heavy atom. The minimum absolute atomic E-state index is 0.0265. The maximum Gasteiger partial charge on any atom is 0.228 e. The number of rotatable bonds is 3. The number of aromatic nitrogens is 2. The third-order valence-corrected chi connectivity index (χ3v) is 3.23.